The molecule has 0 aliphatic carbocycles. The van der Waals surface area contributed by atoms with E-state index >= 15 is 0 Å². The van der Waals surface area contributed by atoms with E-state index in [2.05, 4.69) is 29.5 Å². The standard InChI is InChI=1S/C24H36N4O3/c1-4-17-30-21-13-7-8-14-22(21)31-23-20(12-11-16-26-23)19-28-24(25-5-2)27-15-9-10-18-29-6-3/h7-8,11-14,16H,4-6,9-10,15,17-19H2,1-3H3,(H2,25,27,28). The summed E-state index contributed by atoms with van der Waals surface area (Å²) in [6, 6.07) is 11.5. The highest BCUT2D eigenvalue weighted by atomic mass is 16.5. The Morgan fingerprint density at radius 1 is 0.968 bits per heavy atom. The van der Waals surface area contributed by atoms with Crippen LogP contribution in [0.4, 0.5) is 0 Å². The molecule has 0 amide bonds. The minimum absolute atomic E-state index is 0.454. The minimum Gasteiger partial charge on any atom is -0.490 e. The molecule has 1 heterocycles. The number of aliphatic imine (C=N–C) groups is 1. The third-order valence-corrected chi connectivity index (χ3v) is 4.33. The van der Waals surface area contributed by atoms with E-state index in [9.17, 15) is 0 Å². The minimum atomic E-state index is 0.454. The highest BCUT2D eigenvalue weighted by molar-refractivity contribution is 5.79. The molecular formula is C24H36N4O3. The highest BCUT2D eigenvalue weighted by Crippen LogP contribution is 2.32. The number of hydrogen-bond donors (Lipinski definition) is 2. The first-order chi connectivity index (χ1) is 15.3. The van der Waals surface area contributed by atoms with E-state index in [0.717, 1.165) is 57.1 Å². The van der Waals surface area contributed by atoms with Crippen molar-refractivity contribution in [3.8, 4) is 17.4 Å². The molecule has 0 saturated carbocycles. The van der Waals surface area contributed by atoms with Crippen molar-refractivity contribution in [2.75, 3.05) is 32.9 Å². The number of pyridine rings is 1. The Morgan fingerprint density at radius 2 is 1.81 bits per heavy atom. The van der Waals surface area contributed by atoms with Crippen LogP contribution in [-0.4, -0.2) is 43.9 Å². The molecule has 0 unspecified atom stereocenters. The summed E-state index contributed by atoms with van der Waals surface area (Å²) in [7, 11) is 0. The van der Waals surface area contributed by atoms with Crippen LogP contribution in [0.3, 0.4) is 0 Å². The molecule has 2 rings (SSSR count). The van der Waals surface area contributed by atoms with Gasteiger partial charge in [-0.1, -0.05) is 25.1 Å². The molecule has 170 valence electrons. The van der Waals surface area contributed by atoms with Crippen LogP contribution in [0.25, 0.3) is 0 Å². The molecule has 0 saturated heterocycles. The molecule has 0 atom stereocenters. The van der Waals surface area contributed by atoms with E-state index in [-0.39, 0.29) is 0 Å². The zero-order chi connectivity index (χ0) is 22.2. The molecule has 0 spiro atoms. The summed E-state index contributed by atoms with van der Waals surface area (Å²) >= 11 is 0. The molecule has 1 aromatic heterocycles. The van der Waals surface area contributed by atoms with Crippen molar-refractivity contribution in [3.63, 3.8) is 0 Å². The Bertz CT molecular complexity index is 783. The second-order valence-corrected chi connectivity index (χ2v) is 6.89. The van der Waals surface area contributed by atoms with Crippen LogP contribution >= 0.6 is 0 Å². The van der Waals surface area contributed by atoms with Gasteiger partial charge in [0.05, 0.1) is 13.2 Å². The van der Waals surface area contributed by atoms with Gasteiger partial charge in [-0.05, 0) is 51.3 Å². The number of benzene rings is 1. The number of para-hydroxylation sites is 2. The lowest BCUT2D eigenvalue weighted by atomic mass is 10.2. The first kappa shape index (κ1) is 24.5. The average Bonchev–Trinajstić information content (AvgIpc) is 2.80. The van der Waals surface area contributed by atoms with E-state index in [1.807, 2.05) is 43.3 Å². The molecule has 31 heavy (non-hydrogen) atoms. The van der Waals surface area contributed by atoms with Crippen LogP contribution in [0, 0.1) is 0 Å². The number of hydrogen-bond acceptors (Lipinski definition) is 5. The maximum absolute atomic E-state index is 6.11. The maximum atomic E-state index is 6.11. The molecule has 1 aromatic carbocycles. The quantitative estimate of drug-likeness (QED) is 0.261. The van der Waals surface area contributed by atoms with Gasteiger partial charge in [-0.15, -0.1) is 0 Å². The molecule has 2 aromatic rings. The van der Waals surface area contributed by atoms with Crippen molar-refractivity contribution >= 4 is 5.96 Å². The summed E-state index contributed by atoms with van der Waals surface area (Å²) in [5.74, 6) is 2.68. The van der Waals surface area contributed by atoms with E-state index in [1.165, 1.54) is 0 Å². The molecule has 0 fully saturated rings. The van der Waals surface area contributed by atoms with Gasteiger partial charge in [0.2, 0.25) is 5.88 Å². The summed E-state index contributed by atoms with van der Waals surface area (Å²) < 4.78 is 17.3. The van der Waals surface area contributed by atoms with Crippen LogP contribution in [-0.2, 0) is 11.3 Å². The number of rotatable bonds is 14. The lowest BCUT2D eigenvalue weighted by Gasteiger charge is -2.14. The summed E-state index contributed by atoms with van der Waals surface area (Å²) in [4.78, 5) is 9.13. The van der Waals surface area contributed by atoms with Crippen molar-refractivity contribution in [1.82, 2.24) is 15.6 Å². The van der Waals surface area contributed by atoms with E-state index in [0.29, 0.717) is 30.5 Å². The normalized spacial score (nSPS) is 11.3. The van der Waals surface area contributed by atoms with Gasteiger partial charge < -0.3 is 24.8 Å². The van der Waals surface area contributed by atoms with Crippen molar-refractivity contribution in [3.05, 3.63) is 48.2 Å². The third kappa shape index (κ3) is 9.26. The van der Waals surface area contributed by atoms with Gasteiger partial charge in [0.25, 0.3) is 0 Å². The fraction of sp³-hybridized carbons (Fsp3) is 0.500. The monoisotopic (exact) mass is 428 g/mol. The van der Waals surface area contributed by atoms with Crippen LogP contribution in [0.5, 0.6) is 17.4 Å². The van der Waals surface area contributed by atoms with Crippen molar-refractivity contribution in [2.45, 2.75) is 46.6 Å². The lowest BCUT2D eigenvalue weighted by molar-refractivity contribution is 0.143. The largest absolute Gasteiger partial charge is 0.490 e. The summed E-state index contributed by atoms with van der Waals surface area (Å²) in [5.41, 5.74) is 0.904. The van der Waals surface area contributed by atoms with Crippen molar-refractivity contribution in [2.24, 2.45) is 4.99 Å². The number of guanidine groups is 1. The average molecular weight is 429 g/mol. The zero-order valence-electron chi connectivity index (χ0n) is 19.0. The first-order valence-corrected chi connectivity index (χ1v) is 11.2. The van der Waals surface area contributed by atoms with Crippen LogP contribution in [0.2, 0.25) is 0 Å². The van der Waals surface area contributed by atoms with Gasteiger partial charge >= 0.3 is 0 Å². The van der Waals surface area contributed by atoms with Crippen LogP contribution in [0.15, 0.2) is 47.6 Å². The maximum Gasteiger partial charge on any atom is 0.224 e. The van der Waals surface area contributed by atoms with Gasteiger partial charge in [0.1, 0.15) is 0 Å². The van der Waals surface area contributed by atoms with Crippen molar-refractivity contribution in [1.29, 1.82) is 0 Å². The molecular weight excluding hydrogens is 392 g/mol. The van der Waals surface area contributed by atoms with Gasteiger partial charge in [-0.2, -0.15) is 0 Å². The molecule has 0 aliphatic rings. The second kappa shape index (κ2) is 15.1. The molecule has 0 radical (unpaired) electrons. The molecule has 0 aliphatic heterocycles. The number of nitrogens with zero attached hydrogens (tertiary/aromatic N) is 2. The molecule has 7 nitrogen and oxygen atoms in total. The summed E-state index contributed by atoms with van der Waals surface area (Å²) in [6.07, 6.45) is 4.71. The predicted molar refractivity (Wildman–Crippen MR) is 125 cm³/mol. The third-order valence-electron chi connectivity index (χ3n) is 4.33. The smallest absolute Gasteiger partial charge is 0.224 e. The Morgan fingerprint density at radius 3 is 2.58 bits per heavy atom. The molecule has 2 N–H and O–H groups in total. The zero-order valence-corrected chi connectivity index (χ0v) is 19.0. The van der Waals surface area contributed by atoms with Gasteiger partial charge in [-0.3, -0.25) is 0 Å². The number of ether oxygens (including phenoxy) is 3. The fourth-order valence-electron chi connectivity index (χ4n) is 2.79. The Hall–Kier alpha value is -2.80. The highest BCUT2D eigenvalue weighted by Gasteiger charge is 2.10. The topological polar surface area (TPSA) is 77.0 Å². The second-order valence-electron chi connectivity index (χ2n) is 6.89. The molecule has 0 bridgehead atoms. The van der Waals surface area contributed by atoms with Gasteiger partial charge in [0, 0.05) is 38.1 Å². The van der Waals surface area contributed by atoms with Crippen molar-refractivity contribution < 1.29 is 14.2 Å². The van der Waals surface area contributed by atoms with Gasteiger partial charge in [0.15, 0.2) is 17.5 Å². The van der Waals surface area contributed by atoms with Gasteiger partial charge in [-0.25, -0.2) is 9.98 Å². The van der Waals surface area contributed by atoms with Crippen LogP contribution < -0.4 is 20.1 Å². The number of unbranched alkanes of at least 4 members (excludes halogenated alkanes) is 1. The predicted octanol–water partition coefficient (Wildman–Crippen LogP) is 4.53. The lowest BCUT2D eigenvalue weighted by Crippen LogP contribution is -2.37. The summed E-state index contributed by atoms with van der Waals surface area (Å²) in [6.45, 7) is 10.4. The molecule has 7 heteroatoms. The Labute approximate surface area is 186 Å². The van der Waals surface area contributed by atoms with Crippen LogP contribution in [0.1, 0.15) is 45.6 Å². The van der Waals surface area contributed by atoms with E-state index in [1.54, 1.807) is 6.20 Å². The fourth-order valence-corrected chi connectivity index (χ4v) is 2.79. The Balaban J connectivity index is 2.01. The SMILES string of the molecule is CCCOc1ccccc1Oc1ncccc1CN=C(NCC)NCCCCOCC. The van der Waals surface area contributed by atoms with E-state index in [4.69, 9.17) is 19.2 Å². The first-order valence-electron chi connectivity index (χ1n) is 11.2. The Kier molecular flexibility index (Phi) is 11.9. The number of nitrogens with one attached hydrogen (secondary N) is 2. The summed E-state index contributed by atoms with van der Waals surface area (Å²) in [5, 5.41) is 6.65. The number of aromatic nitrogens is 1. The van der Waals surface area contributed by atoms with E-state index < -0.39 is 0 Å².